The van der Waals surface area contributed by atoms with Crippen LogP contribution in [0.1, 0.15) is 37.8 Å². The Labute approximate surface area is 113 Å². The van der Waals surface area contributed by atoms with Crippen molar-refractivity contribution in [2.45, 2.75) is 32.2 Å². The molecule has 0 aromatic heterocycles. The lowest BCUT2D eigenvalue weighted by atomic mass is 10.1. The summed E-state index contributed by atoms with van der Waals surface area (Å²) in [5.74, 6) is -0.103. The van der Waals surface area contributed by atoms with E-state index in [9.17, 15) is 9.59 Å². The molecule has 1 fully saturated rings. The molecule has 102 valence electrons. The zero-order chi connectivity index (χ0) is 13.7. The molecule has 0 bridgehead atoms. The Kier molecular flexibility index (Phi) is 4.68. The Bertz CT molecular complexity index is 429. The number of nitrogens with zero attached hydrogens (tertiary/aromatic N) is 1. The fourth-order valence-electron chi connectivity index (χ4n) is 2.30. The number of rotatable bonds is 6. The van der Waals surface area contributed by atoms with Gasteiger partial charge in [0.2, 0.25) is 11.8 Å². The lowest BCUT2D eigenvalue weighted by molar-refractivity contribution is -0.138. The standard InChI is InChI=1S/C15H20N2O2/c1-2-10-16-13(12-6-4-3-5-7-12)11-17-14(18)8-9-15(17)19/h3-7,13,16H,2,8-11H2,1H3. The van der Waals surface area contributed by atoms with E-state index < -0.39 is 0 Å². The number of benzene rings is 1. The first-order chi connectivity index (χ1) is 9.22. The molecule has 0 aliphatic carbocycles. The Morgan fingerprint density at radius 3 is 2.37 bits per heavy atom. The normalized spacial score (nSPS) is 17.0. The van der Waals surface area contributed by atoms with Crippen molar-refractivity contribution in [3.8, 4) is 0 Å². The van der Waals surface area contributed by atoms with Crippen LogP contribution in [-0.4, -0.2) is 29.8 Å². The molecule has 0 spiro atoms. The Morgan fingerprint density at radius 2 is 1.79 bits per heavy atom. The van der Waals surface area contributed by atoms with Gasteiger partial charge in [0.15, 0.2) is 0 Å². The number of hydrogen-bond acceptors (Lipinski definition) is 3. The summed E-state index contributed by atoms with van der Waals surface area (Å²) in [7, 11) is 0. The quantitative estimate of drug-likeness (QED) is 0.794. The van der Waals surface area contributed by atoms with Crippen LogP contribution in [0.2, 0.25) is 0 Å². The number of likely N-dealkylation sites (tertiary alicyclic amines) is 1. The number of carbonyl (C=O) groups excluding carboxylic acids is 2. The molecule has 0 saturated carbocycles. The lowest BCUT2D eigenvalue weighted by Crippen LogP contribution is -2.38. The van der Waals surface area contributed by atoms with Crippen molar-refractivity contribution in [1.82, 2.24) is 10.2 Å². The van der Waals surface area contributed by atoms with Crippen molar-refractivity contribution in [1.29, 1.82) is 0 Å². The van der Waals surface area contributed by atoms with Gasteiger partial charge in [-0.2, -0.15) is 0 Å². The predicted octanol–water partition coefficient (Wildman–Crippen LogP) is 1.88. The Balaban J connectivity index is 2.10. The topological polar surface area (TPSA) is 49.4 Å². The molecule has 1 N–H and O–H groups in total. The average Bonchev–Trinajstić information content (AvgIpc) is 2.75. The number of hydrogen-bond donors (Lipinski definition) is 1. The van der Waals surface area contributed by atoms with E-state index in [1.165, 1.54) is 4.90 Å². The van der Waals surface area contributed by atoms with E-state index >= 15 is 0 Å². The van der Waals surface area contributed by atoms with Crippen LogP contribution in [0.5, 0.6) is 0 Å². The minimum atomic E-state index is -0.0516. The molecule has 2 amide bonds. The zero-order valence-corrected chi connectivity index (χ0v) is 11.3. The summed E-state index contributed by atoms with van der Waals surface area (Å²) in [6.45, 7) is 3.40. The van der Waals surface area contributed by atoms with Crippen LogP contribution in [0.15, 0.2) is 30.3 Å². The zero-order valence-electron chi connectivity index (χ0n) is 11.3. The molecule has 1 saturated heterocycles. The van der Waals surface area contributed by atoms with E-state index in [-0.39, 0.29) is 17.9 Å². The maximum atomic E-state index is 11.7. The number of amides is 2. The van der Waals surface area contributed by atoms with Crippen LogP contribution in [0.4, 0.5) is 0 Å². The third-order valence-electron chi connectivity index (χ3n) is 3.36. The van der Waals surface area contributed by atoms with E-state index in [1.54, 1.807) is 0 Å². The molecular weight excluding hydrogens is 240 g/mol. The van der Waals surface area contributed by atoms with Crippen LogP contribution in [0.25, 0.3) is 0 Å². The summed E-state index contributed by atoms with van der Waals surface area (Å²) in [5, 5.41) is 3.41. The van der Waals surface area contributed by atoms with Gasteiger partial charge in [0, 0.05) is 19.4 Å². The van der Waals surface area contributed by atoms with Crippen LogP contribution in [0.3, 0.4) is 0 Å². The SMILES string of the molecule is CCCNC(CN1C(=O)CCC1=O)c1ccccc1. The molecule has 1 unspecified atom stereocenters. The highest BCUT2D eigenvalue weighted by Crippen LogP contribution is 2.19. The molecule has 19 heavy (non-hydrogen) atoms. The summed E-state index contributed by atoms with van der Waals surface area (Å²) in [6.07, 6.45) is 1.73. The van der Waals surface area contributed by atoms with Gasteiger partial charge in [0.05, 0.1) is 6.04 Å². The van der Waals surface area contributed by atoms with Crippen LogP contribution in [-0.2, 0) is 9.59 Å². The summed E-state index contributed by atoms with van der Waals surface area (Å²) in [6, 6.07) is 9.99. The van der Waals surface area contributed by atoms with Crippen molar-refractivity contribution >= 4 is 11.8 Å². The van der Waals surface area contributed by atoms with E-state index in [2.05, 4.69) is 12.2 Å². The molecule has 4 nitrogen and oxygen atoms in total. The third-order valence-corrected chi connectivity index (χ3v) is 3.36. The average molecular weight is 260 g/mol. The van der Waals surface area contributed by atoms with Gasteiger partial charge in [0.25, 0.3) is 0 Å². The lowest BCUT2D eigenvalue weighted by Gasteiger charge is -2.24. The van der Waals surface area contributed by atoms with Crippen molar-refractivity contribution in [3.05, 3.63) is 35.9 Å². The molecule has 1 heterocycles. The highest BCUT2D eigenvalue weighted by atomic mass is 16.2. The second kappa shape index (κ2) is 6.48. The second-order valence-electron chi connectivity index (χ2n) is 4.82. The van der Waals surface area contributed by atoms with Gasteiger partial charge in [-0.05, 0) is 18.5 Å². The van der Waals surface area contributed by atoms with Gasteiger partial charge in [-0.25, -0.2) is 0 Å². The van der Waals surface area contributed by atoms with Crippen LogP contribution in [0, 0.1) is 0 Å². The second-order valence-corrected chi connectivity index (χ2v) is 4.82. The highest BCUT2D eigenvalue weighted by Gasteiger charge is 2.30. The molecule has 1 aromatic carbocycles. The summed E-state index contributed by atoms with van der Waals surface area (Å²) in [5.41, 5.74) is 1.11. The van der Waals surface area contributed by atoms with Gasteiger partial charge in [-0.1, -0.05) is 37.3 Å². The fourth-order valence-corrected chi connectivity index (χ4v) is 2.30. The maximum Gasteiger partial charge on any atom is 0.229 e. The number of nitrogens with one attached hydrogen (secondary N) is 1. The predicted molar refractivity (Wildman–Crippen MR) is 73.4 cm³/mol. The molecule has 1 aliphatic heterocycles. The Morgan fingerprint density at radius 1 is 1.16 bits per heavy atom. The maximum absolute atomic E-state index is 11.7. The molecular formula is C15H20N2O2. The third kappa shape index (κ3) is 3.41. The number of carbonyl (C=O) groups is 2. The highest BCUT2D eigenvalue weighted by molar-refractivity contribution is 6.01. The Hall–Kier alpha value is -1.68. The largest absolute Gasteiger partial charge is 0.308 e. The van der Waals surface area contributed by atoms with Gasteiger partial charge in [-0.15, -0.1) is 0 Å². The van der Waals surface area contributed by atoms with Gasteiger partial charge < -0.3 is 5.32 Å². The van der Waals surface area contributed by atoms with E-state index in [0.717, 1.165) is 18.5 Å². The van der Waals surface area contributed by atoms with Crippen LogP contribution >= 0.6 is 0 Å². The molecule has 4 heteroatoms. The van der Waals surface area contributed by atoms with Crippen molar-refractivity contribution in [2.75, 3.05) is 13.1 Å². The molecule has 0 radical (unpaired) electrons. The van der Waals surface area contributed by atoms with E-state index in [0.29, 0.717) is 19.4 Å². The molecule has 1 aromatic rings. The van der Waals surface area contributed by atoms with Crippen molar-refractivity contribution < 1.29 is 9.59 Å². The van der Waals surface area contributed by atoms with Gasteiger partial charge in [0.1, 0.15) is 0 Å². The van der Waals surface area contributed by atoms with E-state index in [1.807, 2.05) is 30.3 Å². The first-order valence-electron chi connectivity index (χ1n) is 6.84. The molecule has 2 rings (SSSR count). The van der Waals surface area contributed by atoms with Crippen LogP contribution < -0.4 is 5.32 Å². The van der Waals surface area contributed by atoms with Crippen molar-refractivity contribution in [3.63, 3.8) is 0 Å². The smallest absolute Gasteiger partial charge is 0.229 e. The fraction of sp³-hybridized carbons (Fsp3) is 0.467. The minimum absolute atomic E-state index is 0.0205. The molecule has 1 atom stereocenters. The number of imide groups is 1. The summed E-state index contributed by atoms with van der Waals surface area (Å²) < 4.78 is 0. The van der Waals surface area contributed by atoms with Gasteiger partial charge in [-0.3, -0.25) is 14.5 Å². The monoisotopic (exact) mass is 260 g/mol. The summed E-state index contributed by atoms with van der Waals surface area (Å²) in [4.78, 5) is 24.8. The van der Waals surface area contributed by atoms with Crippen molar-refractivity contribution in [2.24, 2.45) is 0 Å². The first kappa shape index (κ1) is 13.7. The first-order valence-corrected chi connectivity index (χ1v) is 6.84. The van der Waals surface area contributed by atoms with Gasteiger partial charge >= 0.3 is 0 Å². The molecule has 1 aliphatic rings. The minimum Gasteiger partial charge on any atom is -0.308 e. The summed E-state index contributed by atoms with van der Waals surface area (Å²) >= 11 is 0. The van der Waals surface area contributed by atoms with E-state index in [4.69, 9.17) is 0 Å².